The van der Waals surface area contributed by atoms with Crippen LogP contribution in [0.15, 0.2) is 85.6 Å². The van der Waals surface area contributed by atoms with Crippen LogP contribution in [0.25, 0.3) is 0 Å². The van der Waals surface area contributed by atoms with Crippen molar-refractivity contribution in [3.63, 3.8) is 0 Å². The van der Waals surface area contributed by atoms with Crippen molar-refractivity contribution in [3.8, 4) is 0 Å². The number of hydrogen-bond donors (Lipinski definition) is 1. The maximum absolute atomic E-state index is 13.0. The van der Waals surface area contributed by atoms with Gasteiger partial charge in [0.05, 0.1) is 11.7 Å². The molecule has 0 radical (unpaired) electrons. The summed E-state index contributed by atoms with van der Waals surface area (Å²) in [5.74, 6) is 0.0536. The molecule has 1 aliphatic heterocycles. The van der Waals surface area contributed by atoms with Gasteiger partial charge >= 0.3 is 0 Å². The van der Waals surface area contributed by atoms with E-state index in [-0.39, 0.29) is 19.3 Å². The van der Waals surface area contributed by atoms with Gasteiger partial charge in [-0.15, -0.1) is 11.3 Å². The number of hydrogen-bond acceptors (Lipinski definition) is 7. The average molecular weight is 696 g/mol. The highest BCUT2D eigenvalue weighted by Gasteiger charge is 2.31. The number of carbonyl (C=O) groups is 2. The van der Waals surface area contributed by atoms with Crippen LogP contribution in [0.4, 0.5) is 10.8 Å². The van der Waals surface area contributed by atoms with E-state index in [4.69, 9.17) is 0 Å². The molecule has 50 heavy (non-hydrogen) atoms. The summed E-state index contributed by atoms with van der Waals surface area (Å²) in [5, 5.41) is 3.73. The van der Waals surface area contributed by atoms with E-state index in [1.165, 1.54) is 21.6 Å². The number of nitrogens with one attached hydrogen (secondary N) is 1. The molecule has 0 aliphatic carbocycles. The van der Waals surface area contributed by atoms with Crippen LogP contribution >= 0.6 is 11.3 Å². The zero-order valence-corrected chi connectivity index (χ0v) is 31.3. The molecule has 2 amide bonds. The van der Waals surface area contributed by atoms with Crippen molar-refractivity contribution in [1.29, 1.82) is 0 Å². The van der Waals surface area contributed by atoms with Gasteiger partial charge in [-0.2, -0.15) is 0 Å². The second-order valence-electron chi connectivity index (χ2n) is 12.1. The number of nitrogens with zero attached hydrogens (tertiary/aromatic N) is 6. The van der Waals surface area contributed by atoms with E-state index in [0.29, 0.717) is 12.2 Å². The van der Waals surface area contributed by atoms with Gasteiger partial charge in [0.15, 0.2) is 5.13 Å². The lowest BCUT2D eigenvalue weighted by Gasteiger charge is -2.23. The Morgan fingerprint density at radius 2 is 1.60 bits per heavy atom. The van der Waals surface area contributed by atoms with Gasteiger partial charge < -0.3 is 14.8 Å². The van der Waals surface area contributed by atoms with E-state index in [2.05, 4.69) is 65.0 Å². The quantitative estimate of drug-likeness (QED) is 0.158. The van der Waals surface area contributed by atoms with Crippen molar-refractivity contribution in [2.24, 2.45) is 0 Å². The van der Waals surface area contributed by atoms with E-state index >= 15 is 0 Å². The summed E-state index contributed by atoms with van der Waals surface area (Å²) in [4.78, 5) is 43.4. The topological polar surface area (TPSA) is 96.2 Å². The van der Waals surface area contributed by atoms with E-state index in [9.17, 15) is 9.59 Å². The first-order valence-electron chi connectivity index (χ1n) is 17.6. The van der Waals surface area contributed by atoms with Crippen LogP contribution in [0.3, 0.4) is 0 Å². The first-order chi connectivity index (χ1) is 24.3. The predicted molar refractivity (Wildman–Crippen MR) is 207 cm³/mol. The van der Waals surface area contributed by atoms with Crippen LogP contribution in [0, 0.1) is 13.8 Å². The fourth-order valence-corrected chi connectivity index (χ4v) is 6.91. The highest BCUT2D eigenvalue weighted by atomic mass is 32.1. The number of rotatable bonds is 10. The summed E-state index contributed by atoms with van der Waals surface area (Å²) in [6, 6.07) is 17.8. The minimum Gasteiger partial charge on any atom is -0.339 e. The molecule has 0 spiro atoms. The Labute approximate surface area is 302 Å². The molecule has 5 heterocycles. The SMILES string of the molecule is CC.CCc1cc(N(C)C(=O)c2cccn2Cc2ccncc2)ccc1C.CCc1nc(NC(=O)[C@@H]2CCCN2Cc2ccncc2)sc1C.[HH]. The Balaban J connectivity index is 0.000000259. The van der Waals surface area contributed by atoms with Crippen molar-refractivity contribution < 1.29 is 11.0 Å². The number of aromatic nitrogens is 4. The zero-order valence-electron chi connectivity index (χ0n) is 30.5. The number of pyridine rings is 2. The largest absolute Gasteiger partial charge is 0.339 e. The van der Waals surface area contributed by atoms with Gasteiger partial charge in [-0.1, -0.05) is 33.8 Å². The van der Waals surface area contributed by atoms with Crippen LogP contribution in [-0.4, -0.2) is 55.9 Å². The Kier molecular flexibility index (Phi) is 14.4. The fourth-order valence-electron chi connectivity index (χ4n) is 6.00. The van der Waals surface area contributed by atoms with Crippen molar-refractivity contribution in [1.82, 2.24) is 24.4 Å². The lowest BCUT2D eigenvalue weighted by Crippen LogP contribution is -2.39. The predicted octanol–water partition coefficient (Wildman–Crippen LogP) is 8.36. The summed E-state index contributed by atoms with van der Waals surface area (Å²) in [5.41, 5.74) is 7.51. The first-order valence-corrected chi connectivity index (χ1v) is 18.4. The third-order valence-corrected chi connectivity index (χ3v) is 9.74. The van der Waals surface area contributed by atoms with E-state index < -0.39 is 0 Å². The monoisotopic (exact) mass is 695 g/mol. The summed E-state index contributed by atoms with van der Waals surface area (Å²) in [6.45, 7) is 14.8. The highest BCUT2D eigenvalue weighted by molar-refractivity contribution is 7.15. The first kappa shape index (κ1) is 38.1. The van der Waals surface area contributed by atoms with Crippen LogP contribution in [0.1, 0.15) is 85.3 Å². The Morgan fingerprint density at radius 3 is 2.22 bits per heavy atom. The molecule has 0 bridgehead atoms. The van der Waals surface area contributed by atoms with Gasteiger partial charge in [-0.05, 0) is 117 Å². The van der Waals surface area contributed by atoms with Crippen molar-refractivity contribution in [3.05, 3.63) is 124 Å². The van der Waals surface area contributed by atoms with E-state index in [0.717, 1.165) is 60.8 Å². The van der Waals surface area contributed by atoms with Gasteiger partial charge in [-0.25, -0.2) is 4.98 Å². The minimum absolute atomic E-state index is 0. The number of likely N-dealkylation sites (tertiary alicyclic amines) is 1. The number of anilines is 2. The number of thiazole rings is 1. The molecule has 266 valence electrons. The molecule has 4 aromatic heterocycles. The number of amides is 2. The zero-order chi connectivity index (χ0) is 36.0. The summed E-state index contributed by atoms with van der Waals surface area (Å²) < 4.78 is 1.98. The Hall–Kier alpha value is -4.67. The maximum atomic E-state index is 13.0. The van der Waals surface area contributed by atoms with Crippen LogP contribution < -0.4 is 10.2 Å². The molecule has 1 fully saturated rings. The second kappa shape index (κ2) is 18.9. The third-order valence-electron chi connectivity index (χ3n) is 8.82. The van der Waals surface area contributed by atoms with Crippen molar-refractivity contribution >= 4 is 34.0 Å². The second-order valence-corrected chi connectivity index (χ2v) is 13.3. The number of benzene rings is 1. The molecule has 10 heteroatoms. The molecule has 9 nitrogen and oxygen atoms in total. The molecule has 1 aromatic carbocycles. The highest BCUT2D eigenvalue weighted by Crippen LogP contribution is 2.26. The smallest absolute Gasteiger partial charge is 0.274 e. The lowest BCUT2D eigenvalue weighted by atomic mass is 10.1. The molecule has 0 saturated carbocycles. The van der Waals surface area contributed by atoms with Gasteiger partial charge in [0, 0.05) is 63.1 Å². The standard InChI is InChI=1S/C21H23N3O.C17H22N4OS.C2H6.H2/c1-4-18-14-19(8-7-16(18)2)23(3)21(25)20-6-5-13-24(20)15-17-9-11-22-12-10-17;1-3-14-12(2)23-17(19-14)20-16(22)15-5-4-10-21(15)11-13-6-8-18-9-7-13;1-2;/h5-14H,4,15H2,1-3H3;6-9,15H,3-5,10-11H2,1-2H3,(H,19,20,22);1-2H3;1H/t;15-;;/m.0../s1. The number of aryl methyl sites for hydroxylation is 4. The van der Waals surface area contributed by atoms with E-state index in [1.807, 2.05) is 74.1 Å². The average Bonchev–Trinajstić information content (AvgIpc) is 3.90. The molecular weight excluding hydrogens is 643 g/mol. The number of carbonyl (C=O) groups excluding carboxylic acids is 2. The molecule has 1 N–H and O–H groups in total. The molecule has 1 atom stereocenters. The summed E-state index contributed by atoms with van der Waals surface area (Å²) >= 11 is 1.56. The summed E-state index contributed by atoms with van der Waals surface area (Å²) in [7, 11) is 1.83. The molecule has 6 rings (SSSR count). The van der Waals surface area contributed by atoms with Crippen molar-refractivity contribution in [2.45, 2.75) is 86.4 Å². The lowest BCUT2D eigenvalue weighted by molar-refractivity contribution is -0.120. The third kappa shape index (κ3) is 9.95. The summed E-state index contributed by atoms with van der Waals surface area (Å²) in [6.07, 6.45) is 12.9. The van der Waals surface area contributed by atoms with Gasteiger partial charge in [0.25, 0.3) is 5.91 Å². The molecule has 1 saturated heterocycles. The van der Waals surface area contributed by atoms with Crippen LogP contribution in [0.2, 0.25) is 0 Å². The van der Waals surface area contributed by atoms with Crippen molar-refractivity contribution in [2.75, 3.05) is 23.8 Å². The molecule has 5 aromatic rings. The minimum atomic E-state index is -0.0718. The Morgan fingerprint density at radius 1 is 0.940 bits per heavy atom. The van der Waals surface area contributed by atoms with Gasteiger partial charge in [-0.3, -0.25) is 24.5 Å². The molecule has 0 unspecified atom stereocenters. The normalized spacial score (nSPS) is 13.9. The molecular formula is C40H53N7O2S. The Bertz CT molecular complexity index is 1810. The van der Waals surface area contributed by atoms with Gasteiger partial charge in [0.1, 0.15) is 5.69 Å². The van der Waals surface area contributed by atoms with E-state index in [1.54, 1.807) is 41.0 Å². The van der Waals surface area contributed by atoms with Crippen LogP contribution in [-0.2, 0) is 30.7 Å². The van der Waals surface area contributed by atoms with Gasteiger partial charge in [0.2, 0.25) is 5.91 Å². The maximum Gasteiger partial charge on any atom is 0.274 e. The fraction of sp³-hybridized carbons (Fsp3) is 0.375. The van der Waals surface area contributed by atoms with Crippen LogP contribution in [0.5, 0.6) is 0 Å². The molecule has 1 aliphatic rings.